The molecular formula is C24H33FN4O3. The Morgan fingerprint density at radius 2 is 1.81 bits per heavy atom. The van der Waals surface area contributed by atoms with Crippen molar-refractivity contribution >= 4 is 5.96 Å². The van der Waals surface area contributed by atoms with Gasteiger partial charge < -0.3 is 24.8 Å². The number of nitrogens with zero attached hydrogens (tertiary/aromatic N) is 3. The number of nitrogens with one attached hydrogen (secondary N) is 1. The van der Waals surface area contributed by atoms with E-state index in [2.05, 4.69) is 26.2 Å². The van der Waals surface area contributed by atoms with Crippen molar-refractivity contribution < 1.29 is 19.0 Å². The largest absolute Gasteiger partial charge is 0.493 e. The third-order valence-electron chi connectivity index (χ3n) is 5.54. The predicted molar refractivity (Wildman–Crippen MR) is 124 cm³/mol. The highest BCUT2D eigenvalue weighted by Gasteiger charge is 2.21. The van der Waals surface area contributed by atoms with Gasteiger partial charge in [0, 0.05) is 44.8 Å². The minimum Gasteiger partial charge on any atom is -0.493 e. The maximum atomic E-state index is 13.9. The Balaban J connectivity index is 1.58. The molecule has 2 aromatic rings. The van der Waals surface area contributed by atoms with Crippen LogP contribution >= 0.6 is 0 Å². The molecule has 7 nitrogen and oxygen atoms in total. The second-order valence-electron chi connectivity index (χ2n) is 7.68. The van der Waals surface area contributed by atoms with E-state index >= 15 is 0 Å². The minimum atomic E-state index is -0.976. The van der Waals surface area contributed by atoms with Crippen molar-refractivity contribution in [2.75, 3.05) is 53.5 Å². The number of aliphatic hydroxyl groups excluding tert-OH is 1. The summed E-state index contributed by atoms with van der Waals surface area (Å²) >= 11 is 0. The maximum absolute atomic E-state index is 13.9. The summed E-state index contributed by atoms with van der Waals surface area (Å²) < 4.78 is 24.6. The Bertz CT molecular complexity index is 901. The molecule has 1 aliphatic rings. The third kappa shape index (κ3) is 6.11. The molecule has 8 heteroatoms. The van der Waals surface area contributed by atoms with E-state index < -0.39 is 11.9 Å². The van der Waals surface area contributed by atoms with Crippen LogP contribution in [0.5, 0.6) is 11.5 Å². The Kier molecular flexibility index (Phi) is 8.70. The molecule has 0 aromatic heterocycles. The highest BCUT2D eigenvalue weighted by Crippen LogP contribution is 2.28. The van der Waals surface area contributed by atoms with Gasteiger partial charge in [0.2, 0.25) is 0 Å². The highest BCUT2D eigenvalue weighted by molar-refractivity contribution is 5.80. The first kappa shape index (κ1) is 23.8. The van der Waals surface area contributed by atoms with Gasteiger partial charge in [-0.05, 0) is 30.7 Å². The summed E-state index contributed by atoms with van der Waals surface area (Å²) in [5.41, 5.74) is 1.44. The quantitative estimate of drug-likeness (QED) is 0.482. The summed E-state index contributed by atoms with van der Waals surface area (Å²) in [6.07, 6.45) is -0.976. The molecule has 1 heterocycles. The van der Waals surface area contributed by atoms with Gasteiger partial charge in [0.1, 0.15) is 11.9 Å². The molecule has 0 spiro atoms. The second kappa shape index (κ2) is 11.7. The summed E-state index contributed by atoms with van der Waals surface area (Å²) in [6, 6.07) is 12.3. The zero-order chi connectivity index (χ0) is 22.9. The van der Waals surface area contributed by atoms with Crippen LogP contribution in [0.15, 0.2) is 47.5 Å². The first-order valence-corrected chi connectivity index (χ1v) is 10.9. The lowest BCUT2D eigenvalue weighted by molar-refractivity contribution is 0.168. The average Bonchev–Trinajstić information content (AvgIpc) is 2.82. The van der Waals surface area contributed by atoms with E-state index in [4.69, 9.17) is 9.47 Å². The topological polar surface area (TPSA) is 69.6 Å². The van der Waals surface area contributed by atoms with Gasteiger partial charge in [-0.25, -0.2) is 4.39 Å². The van der Waals surface area contributed by atoms with Crippen molar-refractivity contribution in [3.05, 3.63) is 59.4 Å². The van der Waals surface area contributed by atoms with E-state index in [0.717, 1.165) is 56.7 Å². The van der Waals surface area contributed by atoms with Gasteiger partial charge in [0.15, 0.2) is 17.5 Å². The van der Waals surface area contributed by atoms with Gasteiger partial charge in [-0.1, -0.05) is 24.3 Å². The van der Waals surface area contributed by atoms with Crippen LogP contribution in [0, 0.1) is 5.82 Å². The molecule has 1 aliphatic heterocycles. The molecule has 1 fully saturated rings. The summed E-state index contributed by atoms with van der Waals surface area (Å²) in [6.45, 7) is 7.06. The number of hydrogen-bond donors (Lipinski definition) is 2. The molecule has 1 unspecified atom stereocenters. The minimum absolute atomic E-state index is 0.106. The van der Waals surface area contributed by atoms with Crippen molar-refractivity contribution in [1.82, 2.24) is 15.1 Å². The van der Waals surface area contributed by atoms with Gasteiger partial charge in [0.05, 0.1) is 20.8 Å². The fraction of sp³-hybridized carbons (Fsp3) is 0.458. The van der Waals surface area contributed by atoms with Crippen molar-refractivity contribution in [1.29, 1.82) is 0 Å². The molecule has 0 bridgehead atoms. The number of ether oxygens (including phenoxy) is 2. The third-order valence-corrected chi connectivity index (χ3v) is 5.54. The van der Waals surface area contributed by atoms with Gasteiger partial charge in [0.25, 0.3) is 0 Å². The van der Waals surface area contributed by atoms with E-state index in [-0.39, 0.29) is 12.1 Å². The van der Waals surface area contributed by atoms with Crippen LogP contribution in [0.2, 0.25) is 0 Å². The van der Waals surface area contributed by atoms with Crippen LogP contribution in [0.3, 0.4) is 0 Å². The standard InChI is InChI=1S/C24H33FN4O3/c1-4-26-24(27-16-21(30)19-7-5-6-8-20(19)25)29-13-11-28(12-14-29)17-18-9-10-22(31-2)23(15-18)32-3/h5-10,15,21,30H,4,11-14,16-17H2,1-3H3,(H,26,27). The normalized spacial score (nSPS) is 16.0. The van der Waals surface area contributed by atoms with Crippen LogP contribution < -0.4 is 14.8 Å². The number of piperazine rings is 1. The number of benzene rings is 2. The number of hydrogen-bond acceptors (Lipinski definition) is 5. The zero-order valence-electron chi connectivity index (χ0n) is 19.1. The number of guanidine groups is 1. The fourth-order valence-corrected chi connectivity index (χ4v) is 3.80. The monoisotopic (exact) mass is 444 g/mol. The fourth-order valence-electron chi connectivity index (χ4n) is 3.80. The van der Waals surface area contributed by atoms with Gasteiger partial charge in [-0.2, -0.15) is 0 Å². The van der Waals surface area contributed by atoms with Crippen LogP contribution in [-0.2, 0) is 6.54 Å². The molecular weight excluding hydrogens is 411 g/mol. The van der Waals surface area contributed by atoms with Gasteiger partial charge >= 0.3 is 0 Å². The summed E-state index contributed by atoms with van der Waals surface area (Å²) in [5, 5.41) is 13.7. The first-order valence-electron chi connectivity index (χ1n) is 10.9. The van der Waals surface area contributed by atoms with Crippen molar-refractivity contribution in [3.63, 3.8) is 0 Å². The Hall–Kier alpha value is -2.84. The lowest BCUT2D eigenvalue weighted by atomic mass is 10.1. The zero-order valence-corrected chi connectivity index (χ0v) is 19.1. The molecule has 0 aliphatic carbocycles. The molecule has 0 radical (unpaired) electrons. The summed E-state index contributed by atoms with van der Waals surface area (Å²) in [4.78, 5) is 9.14. The lowest BCUT2D eigenvalue weighted by Crippen LogP contribution is -2.52. The number of aliphatic imine (C=N–C) groups is 1. The van der Waals surface area contributed by atoms with Crippen LogP contribution in [0.4, 0.5) is 4.39 Å². The molecule has 2 aromatic carbocycles. The molecule has 174 valence electrons. The van der Waals surface area contributed by atoms with Crippen molar-refractivity contribution in [3.8, 4) is 11.5 Å². The molecule has 0 amide bonds. The second-order valence-corrected chi connectivity index (χ2v) is 7.68. The summed E-state index contributed by atoms with van der Waals surface area (Å²) in [5.74, 6) is 1.79. The molecule has 2 N–H and O–H groups in total. The van der Waals surface area contributed by atoms with E-state index in [1.54, 1.807) is 32.4 Å². The Morgan fingerprint density at radius 1 is 1.09 bits per heavy atom. The molecule has 0 saturated carbocycles. The maximum Gasteiger partial charge on any atom is 0.194 e. The highest BCUT2D eigenvalue weighted by atomic mass is 19.1. The SMILES string of the molecule is CCNC(=NCC(O)c1ccccc1F)N1CCN(Cc2ccc(OC)c(OC)c2)CC1. The Morgan fingerprint density at radius 3 is 2.47 bits per heavy atom. The van der Waals surface area contributed by atoms with Gasteiger partial charge in [-0.3, -0.25) is 9.89 Å². The lowest BCUT2D eigenvalue weighted by Gasteiger charge is -2.36. The number of methoxy groups -OCH3 is 2. The average molecular weight is 445 g/mol. The van der Waals surface area contributed by atoms with E-state index in [1.165, 1.54) is 11.6 Å². The number of rotatable bonds is 8. The molecule has 3 rings (SSSR count). The van der Waals surface area contributed by atoms with Crippen molar-refractivity contribution in [2.24, 2.45) is 4.99 Å². The number of aliphatic hydroxyl groups is 1. The van der Waals surface area contributed by atoms with Crippen LogP contribution in [-0.4, -0.2) is 74.4 Å². The van der Waals surface area contributed by atoms with Gasteiger partial charge in [-0.15, -0.1) is 0 Å². The summed E-state index contributed by atoms with van der Waals surface area (Å²) in [7, 11) is 3.28. The van der Waals surface area contributed by atoms with E-state index in [9.17, 15) is 9.50 Å². The van der Waals surface area contributed by atoms with Crippen molar-refractivity contribution in [2.45, 2.75) is 19.6 Å². The molecule has 1 saturated heterocycles. The van der Waals surface area contributed by atoms with Crippen LogP contribution in [0.25, 0.3) is 0 Å². The van der Waals surface area contributed by atoms with Crippen LogP contribution in [0.1, 0.15) is 24.2 Å². The Labute approximate surface area is 189 Å². The molecule has 32 heavy (non-hydrogen) atoms. The van der Waals surface area contributed by atoms with E-state index in [0.29, 0.717) is 0 Å². The smallest absolute Gasteiger partial charge is 0.194 e. The number of halogens is 1. The predicted octanol–water partition coefficient (Wildman–Crippen LogP) is 2.66. The molecule has 1 atom stereocenters. The van der Waals surface area contributed by atoms with E-state index in [1.807, 2.05) is 19.1 Å². The first-order chi connectivity index (χ1) is 15.5.